The molecule has 2 amide bonds. The number of carbonyl (C=O) groups excluding carboxylic acids is 2. The maximum atomic E-state index is 14.2. The summed E-state index contributed by atoms with van der Waals surface area (Å²) in [5.74, 6) is 1.87. The summed E-state index contributed by atoms with van der Waals surface area (Å²) >= 11 is 0. The van der Waals surface area contributed by atoms with Crippen LogP contribution in [0.2, 0.25) is 0 Å². The minimum Gasteiger partial charge on any atom is -0.497 e. The van der Waals surface area contributed by atoms with Gasteiger partial charge in [-0.2, -0.15) is 0 Å². The van der Waals surface area contributed by atoms with Crippen molar-refractivity contribution in [1.82, 2.24) is 0 Å². The van der Waals surface area contributed by atoms with Gasteiger partial charge in [-0.25, -0.2) is 4.79 Å². The van der Waals surface area contributed by atoms with E-state index < -0.39 is 6.04 Å². The van der Waals surface area contributed by atoms with E-state index >= 15 is 0 Å². The fourth-order valence-electron chi connectivity index (χ4n) is 5.58. The number of rotatable bonds is 5. The van der Waals surface area contributed by atoms with E-state index in [1.807, 2.05) is 60.7 Å². The van der Waals surface area contributed by atoms with Crippen molar-refractivity contribution in [3.8, 4) is 11.5 Å². The maximum Gasteiger partial charge on any atom is 0.327 e. The molecule has 202 valence electrons. The van der Waals surface area contributed by atoms with Gasteiger partial charge in [0, 0.05) is 34.9 Å². The minimum absolute atomic E-state index is 0.0545. The zero-order valence-corrected chi connectivity index (χ0v) is 22.2. The predicted molar refractivity (Wildman–Crippen MR) is 153 cm³/mol. The van der Waals surface area contributed by atoms with Crippen molar-refractivity contribution in [3.05, 3.63) is 114 Å². The first-order valence-corrected chi connectivity index (χ1v) is 13.1. The highest BCUT2D eigenvalue weighted by Crippen LogP contribution is 2.49. The highest BCUT2D eigenvalue weighted by atomic mass is 16.5. The lowest BCUT2D eigenvalue weighted by molar-refractivity contribution is -0.116. The standard InChI is InChI=1S/C32H29N3O5/c1-38-22-15-13-21(14-16-22)33-32(37)35-26-10-5-4-9-24(26)34-25-18-20(28-12-7-17-40-28)19-27(36)30(25)31(35)23-8-3-6-11-29(23)39-2/h3-17,20,31,34H,18-19H2,1-2H3,(H,33,37)/t20-,31-/m1/s1. The molecule has 0 radical (unpaired) electrons. The van der Waals surface area contributed by atoms with Gasteiger partial charge in [-0.15, -0.1) is 0 Å². The molecule has 8 heteroatoms. The average Bonchev–Trinajstić information content (AvgIpc) is 3.48. The monoisotopic (exact) mass is 535 g/mol. The molecule has 1 aliphatic heterocycles. The summed E-state index contributed by atoms with van der Waals surface area (Å²) in [6, 6.07) is 24.8. The number of carbonyl (C=O) groups is 2. The van der Waals surface area contributed by atoms with Crippen molar-refractivity contribution >= 4 is 28.9 Å². The number of methoxy groups -OCH3 is 2. The van der Waals surface area contributed by atoms with Gasteiger partial charge in [0.05, 0.1) is 37.9 Å². The minimum atomic E-state index is -0.745. The van der Waals surface area contributed by atoms with Crippen LogP contribution in [0.5, 0.6) is 11.5 Å². The van der Waals surface area contributed by atoms with Crippen LogP contribution in [0, 0.1) is 0 Å². The Kier molecular flexibility index (Phi) is 6.74. The van der Waals surface area contributed by atoms with Crippen LogP contribution in [-0.4, -0.2) is 26.0 Å². The molecule has 2 heterocycles. The fraction of sp³-hybridized carbons (Fsp3) is 0.188. The molecule has 0 bridgehead atoms. The summed E-state index contributed by atoms with van der Waals surface area (Å²) in [6.07, 6.45) is 2.45. The van der Waals surface area contributed by atoms with E-state index in [4.69, 9.17) is 13.9 Å². The second-order valence-electron chi connectivity index (χ2n) is 9.75. The van der Waals surface area contributed by atoms with Crippen molar-refractivity contribution in [1.29, 1.82) is 0 Å². The second-order valence-corrected chi connectivity index (χ2v) is 9.75. The lowest BCUT2D eigenvalue weighted by Crippen LogP contribution is -2.41. The van der Waals surface area contributed by atoms with Crippen molar-refractivity contribution in [3.63, 3.8) is 0 Å². The Morgan fingerprint density at radius 1 is 0.925 bits per heavy atom. The van der Waals surface area contributed by atoms with Gasteiger partial charge in [-0.05, 0) is 61.0 Å². The molecule has 4 aromatic rings. The van der Waals surface area contributed by atoms with E-state index in [2.05, 4.69) is 10.6 Å². The number of nitrogens with one attached hydrogen (secondary N) is 2. The Labute approximate surface area is 232 Å². The molecule has 0 saturated heterocycles. The van der Waals surface area contributed by atoms with Crippen LogP contribution in [0.1, 0.15) is 36.1 Å². The van der Waals surface area contributed by atoms with Crippen LogP contribution in [-0.2, 0) is 4.79 Å². The molecule has 40 heavy (non-hydrogen) atoms. The van der Waals surface area contributed by atoms with Gasteiger partial charge in [0.15, 0.2) is 5.78 Å². The van der Waals surface area contributed by atoms with Gasteiger partial charge in [-0.1, -0.05) is 30.3 Å². The summed E-state index contributed by atoms with van der Waals surface area (Å²) in [7, 11) is 3.18. The number of furan rings is 1. The van der Waals surface area contributed by atoms with E-state index in [-0.39, 0.29) is 24.2 Å². The molecule has 8 nitrogen and oxygen atoms in total. The Balaban J connectivity index is 1.52. The Hall–Kier alpha value is -4.98. The van der Waals surface area contributed by atoms with Crippen LogP contribution < -0.4 is 25.0 Å². The van der Waals surface area contributed by atoms with E-state index in [1.54, 1.807) is 49.6 Å². The number of anilines is 3. The Morgan fingerprint density at radius 3 is 2.45 bits per heavy atom. The summed E-state index contributed by atoms with van der Waals surface area (Å²) in [6.45, 7) is 0. The summed E-state index contributed by atoms with van der Waals surface area (Å²) in [4.78, 5) is 29.9. The molecule has 3 aromatic carbocycles. The number of Topliss-reactive ketones (excluding diaryl/α,β-unsaturated/α-hetero) is 1. The number of hydrogen-bond donors (Lipinski definition) is 2. The molecule has 2 N–H and O–H groups in total. The number of benzene rings is 3. The number of ketones is 1. The molecule has 6 rings (SSSR count). The number of ether oxygens (including phenoxy) is 2. The number of para-hydroxylation sites is 3. The number of fused-ring (bicyclic) bond motifs is 1. The zero-order chi connectivity index (χ0) is 27.6. The first-order valence-electron chi connectivity index (χ1n) is 13.1. The number of hydrogen-bond acceptors (Lipinski definition) is 6. The first-order chi connectivity index (χ1) is 19.6. The SMILES string of the molecule is COc1ccc(NC(=O)N2c3ccccc3NC3=C(C(=O)C[C@H](c4ccco4)C3)[C@H]2c2ccccc2OC)cc1. The van der Waals surface area contributed by atoms with Crippen LogP contribution in [0.3, 0.4) is 0 Å². The second kappa shape index (κ2) is 10.6. The molecule has 0 spiro atoms. The number of nitrogens with zero attached hydrogens (tertiary/aromatic N) is 1. The van der Waals surface area contributed by atoms with Crippen LogP contribution in [0.4, 0.5) is 21.9 Å². The van der Waals surface area contributed by atoms with Crippen LogP contribution >= 0.6 is 0 Å². The van der Waals surface area contributed by atoms with Crippen molar-refractivity contribution in [2.24, 2.45) is 0 Å². The van der Waals surface area contributed by atoms with Gasteiger partial charge in [0.2, 0.25) is 0 Å². The third-order valence-electron chi connectivity index (χ3n) is 7.43. The summed E-state index contributed by atoms with van der Waals surface area (Å²) in [5, 5.41) is 6.55. The van der Waals surface area contributed by atoms with E-state index in [0.717, 1.165) is 17.1 Å². The van der Waals surface area contributed by atoms with Gasteiger partial charge < -0.3 is 24.5 Å². The van der Waals surface area contributed by atoms with E-state index in [0.29, 0.717) is 40.4 Å². The van der Waals surface area contributed by atoms with Crippen molar-refractivity contribution in [2.75, 3.05) is 29.8 Å². The van der Waals surface area contributed by atoms with Gasteiger partial charge in [-0.3, -0.25) is 9.69 Å². The molecule has 0 unspecified atom stereocenters. The molecule has 0 saturated carbocycles. The molecule has 0 fully saturated rings. The molecule has 2 atom stereocenters. The molecule has 1 aliphatic carbocycles. The Bertz CT molecular complexity index is 1580. The largest absolute Gasteiger partial charge is 0.497 e. The van der Waals surface area contributed by atoms with Crippen molar-refractivity contribution in [2.45, 2.75) is 24.8 Å². The normalized spacial score (nSPS) is 18.2. The smallest absolute Gasteiger partial charge is 0.327 e. The van der Waals surface area contributed by atoms with E-state index in [1.165, 1.54) is 0 Å². The topological polar surface area (TPSA) is 93.0 Å². The lowest BCUT2D eigenvalue weighted by atomic mass is 9.80. The lowest BCUT2D eigenvalue weighted by Gasteiger charge is -2.35. The highest BCUT2D eigenvalue weighted by molar-refractivity contribution is 6.09. The fourth-order valence-corrected chi connectivity index (χ4v) is 5.58. The number of urea groups is 1. The van der Waals surface area contributed by atoms with Gasteiger partial charge in [0.1, 0.15) is 17.3 Å². The number of allylic oxidation sites excluding steroid dienone is 1. The van der Waals surface area contributed by atoms with Crippen molar-refractivity contribution < 1.29 is 23.5 Å². The summed E-state index contributed by atoms with van der Waals surface area (Å²) in [5.41, 5.74) is 3.98. The summed E-state index contributed by atoms with van der Waals surface area (Å²) < 4.78 is 16.7. The Morgan fingerprint density at radius 2 is 1.70 bits per heavy atom. The first kappa shape index (κ1) is 25.3. The molecule has 2 aliphatic rings. The highest BCUT2D eigenvalue weighted by Gasteiger charge is 2.43. The maximum absolute atomic E-state index is 14.2. The molecular weight excluding hydrogens is 506 g/mol. The molecular formula is C32H29N3O5. The zero-order valence-electron chi connectivity index (χ0n) is 22.2. The quantitative estimate of drug-likeness (QED) is 0.289. The van der Waals surface area contributed by atoms with Crippen LogP contribution in [0.15, 0.2) is 107 Å². The van der Waals surface area contributed by atoms with Gasteiger partial charge in [0.25, 0.3) is 0 Å². The predicted octanol–water partition coefficient (Wildman–Crippen LogP) is 6.90. The van der Waals surface area contributed by atoms with E-state index in [9.17, 15) is 9.59 Å². The average molecular weight is 536 g/mol. The van der Waals surface area contributed by atoms with Crippen LogP contribution in [0.25, 0.3) is 0 Å². The number of amides is 2. The molecule has 1 aromatic heterocycles. The third-order valence-corrected chi connectivity index (χ3v) is 7.43. The van der Waals surface area contributed by atoms with Gasteiger partial charge >= 0.3 is 6.03 Å². The third kappa shape index (κ3) is 4.58.